The molecule has 0 N–H and O–H groups in total. The van der Waals surface area contributed by atoms with Crippen molar-refractivity contribution in [2.24, 2.45) is 11.3 Å². The number of rotatable bonds is 8. The van der Waals surface area contributed by atoms with Crippen LogP contribution < -0.4 is 9.47 Å². The molecule has 2 bridgehead atoms. The summed E-state index contributed by atoms with van der Waals surface area (Å²) in [4.78, 5) is 25.9. The maximum absolute atomic E-state index is 13.8. The van der Waals surface area contributed by atoms with Crippen molar-refractivity contribution in [3.8, 4) is 11.5 Å². The molecule has 0 amide bonds. The van der Waals surface area contributed by atoms with E-state index in [0.29, 0.717) is 24.3 Å². The molecule has 3 rings (SSSR count). The van der Waals surface area contributed by atoms with Gasteiger partial charge in [-0.15, -0.1) is 6.58 Å². The van der Waals surface area contributed by atoms with Gasteiger partial charge in [0, 0.05) is 32.5 Å². The molecular formula is C24H32O7. The van der Waals surface area contributed by atoms with Crippen LogP contribution in [-0.2, 0) is 23.8 Å². The van der Waals surface area contributed by atoms with Crippen LogP contribution in [0, 0.1) is 11.3 Å². The van der Waals surface area contributed by atoms with Crippen LogP contribution in [0.5, 0.6) is 11.5 Å². The molecule has 2 saturated carbocycles. The van der Waals surface area contributed by atoms with E-state index in [1.54, 1.807) is 14.2 Å². The van der Waals surface area contributed by atoms with Crippen LogP contribution in [0.15, 0.2) is 30.9 Å². The lowest BCUT2D eigenvalue weighted by Crippen LogP contribution is -2.64. The first kappa shape index (κ1) is 23.3. The third-order valence-corrected chi connectivity index (χ3v) is 7.22. The zero-order valence-electron chi connectivity index (χ0n) is 19.1. The third kappa shape index (κ3) is 3.26. The Hall–Kier alpha value is -2.38. The lowest BCUT2D eigenvalue weighted by Gasteiger charge is -2.48. The van der Waals surface area contributed by atoms with Crippen molar-refractivity contribution < 1.29 is 33.3 Å². The number of carbonyl (C=O) groups excluding carboxylic acids is 2. The summed E-state index contributed by atoms with van der Waals surface area (Å²) in [5.74, 6) is -0.00950. The van der Waals surface area contributed by atoms with Crippen molar-refractivity contribution in [3.05, 3.63) is 36.4 Å². The molecule has 0 aromatic heterocycles. The number of allylic oxidation sites excluding steroid dienone is 1. The SMILES string of the molecule is C=CCC12CC(OC)C(=O)C(OC)(C(c3ccc(OC)c(OC)c3)C1C)C2OC(C)=O. The van der Waals surface area contributed by atoms with Crippen LogP contribution in [0.3, 0.4) is 0 Å². The number of hydrogen-bond acceptors (Lipinski definition) is 7. The standard InChI is InChI=1S/C24H32O7/c1-8-11-23-13-19(29-6)21(26)24(30-7,22(23)31-15(3)25)20(14(23)2)16-9-10-17(27-4)18(12-16)28-5/h8-10,12,14,19-20,22H,1,11,13H2,2-7H3. The summed E-state index contributed by atoms with van der Waals surface area (Å²) in [6.45, 7) is 7.37. The van der Waals surface area contributed by atoms with Gasteiger partial charge in [-0.3, -0.25) is 9.59 Å². The first-order chi connectivity index (χ1) is 14.8. The fourth-order valence-corrected chi connectivity index (χ4v) is 5.92. The van der Waals surface area contributed by atoms with E-state index < -0.39 is 35.1 Å². The Morgan fingerprint density at radius 2 is 1.87 bits per heavy atom. The van der Waals surface area contributed by atoms with E-state index in [0.717, 1.165) is 5.56 Å². The second-order valence-electron chi connectivity index (χ2n) is 8.39. The van der Waals surface area contributed by atoms with Crippen molar-refractivity contribution in [2.45, 2.75) is 50.4 Å². The smallest absolute Gasteiger partial charge is 0.303 e. The van der Waals surface area contributed by atoms with Crippen molar-refractivity contribution in [1.82, 2.24) is 0 Å². The van der Waals surface area contributed by atoms with Crippen LogP contribution in [0.1, 0.15) is 38.2 Å². The normalized spacial score (nSPS) is 34.3. The average molecular weight is 433 g/mol. The molecule has 6 unspecified atom stereocenters. The second kappa shape index (κ2) is 8.63. The Labute approximate surface area is 183 Å². The number of carbonyl (C=O) groups is 2. The van der Waals surface area contributed by atoms with E-state index in [-0.39, 0.29) is 11.7 Å². The first-order valence-electron chi connectivity index (χ1n) is 10.4. The highest BCUT2D eigenvalue weighted by molar-refractivity contribution is 5.96. The lowest BCUT2D eigenvalue weighted by molar-refractivity contribution is -0.201. The molecule has 0 saturated heterocycles. The Morgan fingerprint density at radius 1 is 1.19 bits per heavy atom. The average Bonchev–Trinajstić information content (AvgIpc) is 2.91. The Morgan fingerprint density at radius 3 is 2.39 bits per heavy atom. The molecule has 0 heterocycles. The van der Waals surface area contributed by atoms with E-state index in [1.165, 1.54) is 21.1 Å². The summed E-state index contributed by atoms with van der Waals surface area (Å²) in [6.07, 6.45) is 1.34. The highest BCUT2D eigenvalue weighted by Gasteiger charge is 2.75. The van der Waals surface area contributed by atoms with Gasteiger partial charge in [0.15, 0.2) is 22.9 Å². The van der Waals surface area contributed by atoms with E-state index in [2.05, 4.69) is 13.5 Å². The highest BCUT2D eigenvalue weighted by Crippen LogP contribution is 2.66. The molecule has 170 valence electrons. The van der Waals surface area contributed by atoms with Crippen LogP contribution in [0.2, 0.25) is 0 Å². The van der Waals surface area contributed by atoms with Gasteiger partial charge in [0.05, 0.1) is 14.2 Å². The van der Waals surface area contributed by atoms with Crippen LogP contribution >= 0.6 is 0 Å². The molecule has 2 fully saturated rings. The molecule has 0 aliphatic heterocycles. The fraction of sp³-hybridized carbons (Fsp3) is 0.583. The molecule has 0 radical (unpaired) electrons. The van der Waals surface area contributed by atoms with Gasteiger partial charge in [0.25, 0.3) is 0 Å². The predicted octanol–water partition coefficient (Wildman–Crippen LogP) is 3.30. The third-order valence-electron chi connectivity index (χ3n) is 7.22. The molecule has 31 heavy (non-hydrogen) atoms. The van der Waals surface area contributed by atoms with E-state index >= 15 is 0 Å². The summed E-state index contributed by atoms with van der Waals surface area (Å²) in [5, 5.41) is 0. The maximum Gasteiger partial charge on any atom is 0.303 e. The summed E-state index contributed by atoms with van der Waals surface area (Å²) in [5.41, 5.74) is -1.12. The highest BCUT2D eigenvalue weighted by atomic mass is 16.6. The number of hydrogen-bond donors (Lipinski definition) is 0. The van der Waals surface area contributed by atoms with Crippen LogP contribution in [0.4, 0.5) is 0 Å². The Balaban J connectivity index is 2.29. The largest absolute Gasteiger partial charge is 0.493 e. The molecule has 7 nitrogen and oxygen atoms in total. The molecule has 0 spiro atoms. The molecule has 7 heteroatoms. The number of methoxy groups -OCH3 is 4. The van der Waals surface area contributed by atoms with Crippen LogP contribution in [-0.4, -0.2) is 58.0 Å². The number of Topliss-reactive ketones (excluding diaryl/α,β-unsaturated/α-hetero) is 1. The second-order valence-corrected chi connectivity index (χ2v) is 8.39. The molecule has 6 atom stereocenters. The van der Waals surface area contributed by atoms with E-state index in [1.807, 2.05) is 24.3 Å². The number of benzene rings is 1. The van der Waals surface area contributed by atoms with Crippen molar-refractivity contribution in [2.75, 3.05) is 28.4 Å². The number of fused-ring (bicyclic) bond motifs is 2. The van der Waals surface area contributed by atoms with Gasteiger partial charge < -0.3 is 23.7 Å². The minimum atomic E-state index is -1.40. The molecule has 2 aliphatic rings. The summed E-state index contributed by atoms with van der Waals surface area (Å²) in [6, 6.07) is 5.58. The zero-order chi connectivity index (χ0) is 23.0. The Bertz CT molecular complexity index is 865. The van der Waals surface area contributed by atoms with Gasteiger partial charge in [-0.2, -0.15) is 0 Å². The number of ether oxygens (including phenoxy) is 5. The fourth-order valence-electron chi connectivity index (χ4n) is 5.92. The molecule has 1 aromatic carbocycles. The minimum Gasteiger partial charge on any atom is -0.493 e. The van der Waals surface area contributed by atoms with Crippen molar-refractivity contribution in [1.29, 1.82) is 0 Å². The Kier molecular flexibility index (Phi) is 6.48. The molecular weight excluding hydrogens is 400 g/mol. The zero-order valence-corrected chi connectivity index (χ0v) is 19.1. The lowest BCUT2D eigenvalue weighted by atomic mass is 9.65. The molecule has 1 aromatic rings. The van der Waals surface area contributed by atoms with Crippen LogP contribution in [0.25, 0.3) is 0 Å². The maximum atomic E-state index is 13.8. The number of ketones is 1. The topological polar surface area (TPSA) is 80.3 Å². The van der Waals surface area contributed by atoms with Gasteiger partial charge >= 0.3 is 5.97 Å². The van der Waals surface area contributed by atoms with Crippen molar-refractivity contribution >= 4 is 11.8 Å². The molecule has 2 aliphatic carbocycles. The predicted molar refractivity (Wildman–Crippen MR) is 114 cm³/mol. The first-order valence-corrected chi connectivity index (χ1v) is 10.4. The van der Waals surface area contributed by atoms with Gasteiger partial charge in [-0.1, -0.05) is 19.1 Å². The summed E-state index contributed by atoms with van der Waals surface area (Å²) >= 11 is 0. The monoisotopic (exact) mass is 432 g/mol. The minimum absolute atomic E-state index is 0.0861. The number of esters is 1. The van der Waals surface area contributed by atoms with Crippen molar-refractivity contribution in [3.63, 3.8) is 0 Å². The van der Waals surface area contributed by atoms with Gasteiger partial charge in [-0.05, 0) is 36.5 Å². The summed E-state index contributed by atoms with van der Waals surface area (Å²) in [7, 11) is 6.16. The quantitative estimate of drug-likeness (QED) is 0.461. The van der Waals surface area contributed by atoms with Gasteiger partial charge in [-0.25, -0.2) is 0 Å². The van der Waals surface area contributed by atoms with Gasteiger partial charge in [0.1, 0.15) is 12.2 Å². The van der Waals surface area contributed by atoms with Gasteiger partial charge in [0.2, 0.25) is 0 Å². The van der Waals surface area contributed by atoms with E-state index in [9.17, 15) is 9.59 Å². The van der Waals surface area contributed by atoms with E-state index in [4.69, 9.17) is 23.7 Å². The summed E-state index contributed by atoms with van der Waals surface area (Å²) < 4.78 is 28.4.